The highest BCUT2D eigenvalue weighted by molar-refractivity contribution is 5.88. The van der Waals surface area contributed by atoms with Gasteiger partial charge < -0.3 is 9.64 Å². The van der Waals surface area contributed by atoms with Crippen molar-refractivity contribution >= 4 is 11.7 Å². The van der Waals surface area contributed by atoms with Gasteiger partial charge in [0.25, 0.3) is 0 Å². The molecule has 0 N–H and O–H groups in total. The van der Waals surface area contributed by atoms with Gasteiger partial charge in [-0.05, 0) is 31.2 Å². The SMILES string of the molecule is C=C(C)C(=O)Oc1ccc(N(C)C)cc1. The number of hydrogen-bond donors (Lipinski definition) is 0. The molecule has 0 spiro atoms. The summed E-state index contributed by atoms with van der Waals surface area (Å²) >= 11 is 0. The second-order valence-electron chi connectivity index (χ2n) is 3.56. The summed E-state index contributed by atoms with van der Waals surface area (Å²) in [6.07, 6.45) is 0. The van der Waals surface area contributed by atoms with Crippen molar-refractivity contribution in [1.29, 1.82) is 0 Å². The maximum atomic E-state index is 11.2. The van der Waals surface area contributed by atoms with E-state index in [0.717, 1.165) is 5.69 Å². The van der Waals surface area contributed by atoms with Crippen LogP contribution in [0.2, 0.25) is 0 Å². The molecule has 15 heavy (non-hydrogen) atoms. The molecule has 0 aromatic heterocycles. The Morgan fingerprint density at radius 3 is 2.20 bits per heavy atom. The number of esters is 1. The number of rotatable bonds is 3. The summed E-state index contributed by atoms with van der Waals surface area (Å²) in [6.45, 7) is 5.14. The Bertz CT molecular complexity index is 366. The van der Waals surface area contributed by atoms with Crippen molar-refractivity contribution < 1.29 is 9.53 Å². The molecule has 0 amide bonds. The molecule has 0 aliphatic heterocycles. The fraction of sp³-hybridized carbons (Fsp3) is 0.250. The Hall–Kier alpha value is -1.77. The largest absolute Gasteiger partial charge is 0.423 e. The lowest BCUT2D eigenvalue weighted by Gasteiger charge is -2.12. The number of anilines is 1. The molecule has 0 radical (unpaired) electrons. The Kier molecular flexibility index (Phi) is 3.50. The number of carbonyl (C=O) groups excluding carboxylic acids is 1. The molecule has 0 saturated heterocycles. The van der Waals surface area contributed by atoms with Crippen LogP contribution in [-0.4, -0.2) is 20.1 Å². The van der Waals surface area contributed by atoms with E-state index in [9.17, 15) is 4.79 Å². The van der Waals surface area contributed by atoms with Gasteiger partial charge in [0, 0.05) is 25.4 Å². The van der Waals surface area contributed by atoms with Crippen molar-refractivity contribution in [2.24, 2.45) is 0 Å². The van der Waals surface area contributed by atoms with Gasteiger partial charge in [-0.25, -0.2) is 4.79 Å². The Morgan fingerprint density at radius 1 is 1.27 bits per heavy atom. The third kappa shape index (κ3) is 3.13. The van der Waals surface area contributed by atoms with E-state index < -0.39 is 5.97 Å². The second kappa shape index (κ2) is 4.64. The van der Waals surface area contributed by atoms with Crippen LogP contribution in [0.5, 0.6) is 5.75 Å². The zero-order valence-electron chi connectivity index (χ0n) is 9.28. The highest BCUT2D eigenvalue weighted by Crippen LogP contribution is 2.18. The molecule has 0 bridgehead atoms. The first-order chi connectivity index (χ1) is 7.00. The lowest BCUT2D eigenvalue weighted by molar-refractivity contribution is -0.130. The average molecular weight is 205 g/mol. The zero-order chi connectivity index (χ0) is 11.4. The fourth-order valence-corrected chi connectivity index (χ4v) is 1.01. The minimum atomic E-state index is -0.396. The molecule has 0 aliphatic carbocycles. The maximum Gasteiger partial charge on any atom is 0.338 e. The molecule has 0 aliphatic rings. The van der Waals surface area contributed by atoms with Gasteiger partial charge in [-0.2, -0.15) is 0 Å². The van der Waals surface area contributed by atoms with E-state index >= 15 is 0 Å². The molecule has 0 heterocycles. The monoisotopic (exact) mass is 205 g/mol. The van der Waals surface area contributed by atoms with Crippen molar-refractivity contribution in [1.82, 2.24) is 0 Å². The number of carbonyl (C=O) groups is 1. The third-order valence-electron chi connectivity index (χ3n) is 1.91. The summed E-state index contributed by atoms with van der Waals surface area (Å²) < 4.78 is 5.05. The summed E-state index contributed by atoms with van der Waals surface area (Å²) in [7, 11) is 3.91. The first-order valence-electron chi connectivity index (χ1n) is 4.66. The van der Waals surface area contributed by atoms with Gasteiger partial charge in [0.15, 0.2) is 0 Å². The molecule has 0 unspecified atom stereocenters. The van der Waals surface area contributed by atoms with Crippen LogP contribution in [0.25, 0.3) is 0 Å². The van der Waals surface area contributed by atoms with Crippen LogP contribution in [0, 0.1) is 0 Å². The van der Waals surface area contributed by atoms with Gasteiger partial charge in [0.1, 0.15) is 5.75 Å². The number of nitrogens with zero attached hydrogens (tertiary/aromatic N) is 1. The molecule has 80 valence electrons. The van der Waals surface area contributed by atoms with Crippen LogP contribution in [0.1, 0.15) is 6.92 Å². The van der Waals surface area contributed by atoms with Gasteiger partial charge in [-0.1, -0.05) is 6.58 Å². The van der Waals surface area contributed by atoms with E-state index in [2.05, 4.69) is 6.58 Å². The first-order valence-corrected chi connectivity index (χ1v) is 4.66. The summed E-state index contributed by atoms with van der Waals surface area (Å²) in [4.78, 5) is 13.2. The van der Waals surface area contributed by atoms with Gasteiger partial charge in [-0.3, -0.25) is 0 Å². The number of hydrogen-bond acceptors (Lipinski definition) is 3. The summed E-state index contributed by atoms with van der Waals surface area (Å²) in [5.41, 5.74) is 1.46. The van der Waals surface area contributed by atoms with Crippen molar-refractivity contribution in [3.63, 3.8) is 0 Å². The molecule has 0 saturated carbocycles. The lowest BCUT2D eigenvalue weighted by atomic mass is 10.3. The fourth-order valence-electron chi connectivity index (χ4n) is 1.01. The van der Waals surface area contributed by atoms with E-state index in [1.165, 1.54) is 0 Å². The topological polar surface area (TPSA) is 29.5 Å². The number of benzene rings is 1. The quantitative estimate of drug-likeness (QED) is 0.430. The van der Waals surface area contributed by atoms with E-state index in [4.69, 9.17) is 4.74 Å². The van der Waals surface area contributed by atoms with E-state index in [-0.39, 0.29) is 0 Å². The standard InChI is InChI=1S/C12H15NO2/c1-9(2)12(14)15-11-7-5-10(6-8-11)13(3)4/h5-8H,1H2,2-4H3. The highest BCUT2D eigenvalue weighted by Gasteiger charge is 2.04. The van der Waals surface area contributed by atoms with E-state index in [1.807, 2.05) is 31.1 Å². The maximum absolute atomic E-state index is 11.2. The molecule has 0 atom stereocenters. The van der Waals surface area contributed by atoms with Gasteiger partial charge in [-0.15, -0.1) is 0 Å². The highest BCUT2D eigenvalue weighted by atomic mass is 16.5. The van der Waals surface area contributed by atoms with Crippen molar-refractivity contribution in [3.05, 3.63) is 36.4 Å². The van der Waals surface area contributed by atoms with Gasteiger partial charge >= 0.3 is 5.97 Å². The van der Waals surface area contributed by atoms with Gasteiger partial charge in [0.05, 0.1) is 0 Å². The van der Waals surface area contributed by atoms with Crippen LogP contribution in [-0.2, 0) is 4.79 Å². The molecular formula is C12H15NO2. The molecule has 1 rings (SSSR count). The normalized spacial score (nSPS) is 9.53. The zero-order valence-corrected chi connectivity index (χ0v) is 9.28. The number of ether oxygens (including phenoxy) is 1. The summed E-state index contributed by atoms with van der Waals surface area (Å²) in [6, 6.07) is 7.30. The van der Waals surface area contributed by atoms with Crippen molar-refractivity contribution in [2.75, 3.05) is 19.0 Å². The predicted octanol–water partition coefficient (Wildman–Crippen LogP) is 2.23. The predicted molar refractivity (Wildman–Crippen MR) is 61.2 cm³/mol. The molecule has 3 nitrogen and oxygen atoms in total. The smallest absolute Gasteiger partial charge is 0.338 e. The van der Waals surface area contributed by atoms with Crippen LogP contribution < -0.4 is 9.64 Å². The van der Waals surface area contributed by atoms with Crippen LogP contribution in [0.3, 0.4) is 0 Å². The Labute approximate surface area is 90.0 Å². The average Bonchev–Trinajstić information content (AvgIpc) is 2.18. The minimum Gasteiger partial charge on any atom is -0.423 e. The molecule has 0 fully saturated rings. The first kappa shape index (κ1) is 11.3. The molecular weight excluding hydrogens is 190 g/mol. The van der Waals surface area contributed by atoms with Crippen molar-refractivity contribution in [3.8, 4) is 5.75 Å². The van der Waals surface area contributed by atoms with Crippen LogP contribution >= 0.6 is 0 Å². The minimum absolute atomic E-state index is 0.395. The molecule has 3 heteroatoms. The third-order valence-corrected chi connectivity index (χ3v) is 1.91. The lowest BCUT2D eigenvalue weighted by Crippen LogP contribution is -2.10. The van der Waals surface area contributed by atoms with Gasteiger partial charge in [0.2, 0.25) is 0 Å². The summed E-state index contributed by atoms with van der Waals surface area (Å²) in [5.74, 6) is 0.140. The van der Waals surface area contributed by atoms with Crippen LogP contribution in [0.15, 0.2) is 36.4 Å². The Balaban J connectivity index is 2.73. The molecule has 1 aromatic rings. The van der Waals surface area contributed by atoms with Crippen LogP contribution in [0.4, 0.5) is 5.69 Å². The van der Waals surface area contributed by atoms with E-state index in [1.54, 1.807) is 19.1 Å². The Morgan fingerprint density at radius 2 is 1.80 bits per heavy atom. The molecule has 1 aromatic carbocycles. The van der Waals surface area contributed by atoms with Crippen molar-refractivity contribution in [2.45, 2.75) is 6.92 Å². The van der Waals surface area contributed by atoms with E-state index in [0.29, 0.717) is 11.3 Å². The second-order valence-corrected chi connectivity index (χ2v) is 3.56. The summed E-state index contributed by atoms with van der Waals surface area (Å²) in [5, 5.41) is 0.